The number of carbonyl (C=O) groups is 1. The van der Waals surface area contributed by atoms with Gasteiger partial charge in [-0.25, -0.2) is 0 Å². The van der Waals surface area contributed by atoms with Gasteiger partial charge in [0.2, 0.25) is 5.91 Å². The van der Waals surface area contributed by atoms with Crippen LogP contribution in [0.25, 0.3) is 0 Å². The molecule has 6 heteroatoms. The van der Waals surface area contributed by atoms with E-state index >= 15 is 0 Å². The quantitative estimate of drug-likeness (QED) is 0.833. The zero-order valence-corrected chi connectivity index (χ0v) is 16.5. The van der Waals surface area contributed by atoms with E-state index in [1.54, 1.807) is 0 Å². The van der Waals surface area contributed by atoms with Gasteiger partial charge in [-0.15, -0.1) is 24.8 Å². The van der Waals surface area contributed by atoms with Crippen molar-refractivity contribution in [2.45, 2.75) is 63.7 Å². The number of carbonyl (C=O) groups excluding carboxylic acids is 1. The fourth-order valence-corrected chi connectivity index (χ4v) is 3.98. The normalized spacial score (nSPS) is 29.4. The minimum atomic E-state index is 0. The second-order valence-corrected chi connectivity index (χ2v) is 7.31. The summed E-state index contributed by atoms with van der Waals surface area (Å²) in [4.78, 5) is 14.9. The predicted molar refractivity (Wildman–Crippen MR) is 107 cm³/mol. The minimum Gasteiger partial charge on any atom is -0.353 e. The van der Waals surface area contributed by atoms with Crippen LogP contribution in [-0.4, -0.2) is 35.5 Å². The van der Waals surface area contributed by atoms with Gasteiger partial charge in [0.1, 0.15) is 0 Å². The molecule has 25 heavy (non-hydrogen) atoms. The van der Waals surface area contributed by atoms with Gasteiger partial charge >= 0.3 is 0 Å². The van der Waals surface area contributed by atoms with Gasteiger partial charge in [0.25, 0.3) is 0 Å². The SMILES string of the molecule is CC1CC(NC(=O)C2CCC(N)C2)CCN1Cc1ccccc1.Cl.Cl. The maximum absolute atomic E-state index is 12.4. The smallest absolute Gasteiger partial charge is 0.223 e. The van der Waals surface area contributed by atoms with Crippen molar-refractivity contribution in [1.29, 1.82) is 0 Å². The highest BCUT2D eigenvalue weighted by Gasteiger charge is 2.31. The Morgan fingerprint density at radius 2 is 1.88 bits per heavy atom. The molecule has 4 unspecified atom stereocenters. The van der Waals surface area contributed by atoms with Gasteiger partial charge in [-0.2, -0.15) is 0 Å². The number of nitrogens with two attached hydrogens (primary N) is 1. The maximum Gasteiger partial charge on any atom is 0.223 e. The van der Waals surface area contributed by atoms with Gasteiger partial charge in [0.05, 0.1) is 0 Å². The van der Waals surface area contributed by atoms with Gasteiger partial charge in [-0.3, -0.25) is 9.69 Å². The monoisotopic (exact) mass is 387 g/mol. The Bertz CT molecular complexity index is 529. The molecular weight excluding hydrogens is 357 g/mol. The molecule has 4 atom stereocenters. The van der Waals surface area contributed by atoms with Crippen molar-refractivity contribution in [3.63, 3.8) is 0 Å². The Hall–Kier alpha value is -0.810. The highest BCUT2D eigenvalue weighted by molar-refractivity contribution is 5.85. The van der Waals surface area contributed by atoms with Crippen molar-refractivity contribution in [1.82, 2.24) is 10.2 Å². The highest BCUT2D eigenvalue weighted by Crippen LogP contribution is 2.25. The molecule has 1 saturated heterocycles. The Morgan fingerprint density at radius 1 is 1.16 bits per heavy atom. The molecule has 1 amide bonds. The largest absolute Gasteiger partial charge is 0.353 e. The average molecular weight is 388 g/mol. The van der Waals surface area contributed by atoms with Gasteiger partial charge in [0.15, 0.2) is 0 Å². The van der Waals surface area contributed by atoms with Gasteiger partial charge < -0.3 is 11.1 Å². The summed E-state index contributed by atoms with van der Waals surface area (Å²) >= 11 is 0. The summed E-state index contributed by atoms with van der Waals surface area (Å²) in [7, 11) is 0. The van der Waals surface area contributed by atoms with Crippen LogP contribution >= 0.6 is 24.8 Å². The summed E-state index contributed by atoms with van der Waals surface area (Å²) < 4.78 is 0. The second kappa shape index (κ2) is 10.4. The first-order chi connectivity index (χ1) is 11.1. The molecule has 3 rings (SSSR count). The number of halogens is 2. The Morgan fingerprint density at radius 3 is 2.48 bits per heavy atom. The highest BCUT2D eigenvalue weighted by atomic mass is 35.5. The van der Waals surface area contributed by atoms with E-state index in [4.69, 9.17) is 5.73 Å². The fourth-order valence-electron chi connectivity index (χ4n) is 3.98. The van der Waals surface area contributed by atoms with Gasteiger partial charge in [-0.1, -0.05) is 30.3 Å². The first kappa shape index (κ1) is 22.2. The third-order valence-corrected chi connectivity index (χ3v) is 5.43. The predicted octanol–water partition coefficient (Wildman–Crippen LogP) is 3.13. The van der Waals surface area contributed by atoms with E-state index in [1.807, 2.05) is 0 Å². The van der Waals surface area contributed by atoms with E-state index in [0.29, 0.717) is 12.1 Å². The molecule has 142 valence electrons. The van der Waals surface area contributed by atoms with Crippen LogP contribution in [0, 0.1) is 5.92 Å². The molecule has 3 N–H and O–H groups in total. The zero-order valence-electron chi connectivity index (χ0n) is 14.9. The van der Waals surface area contributed by atoms with Crippen LogP contribution in [0.4, 0.5) is 0 Å². The summed E-state index contributed by atoms with van der Waals surface area (Å²) in [5, 5.41) is 3.28. The average Bonchev–Trinajstić information content (AvgIpc) is 2.98. The molecule has 0 bridgehead atoms. The van der Waals surface area contributed by atoms with Crippen LogP contribution in [0.1, 0.15) is 44.6 Å². The lowest BCUT2D eigenvalue weighted by molar-refractivity contribution is -0.126. The number of amides is 1. The molecule has 1 aliphatic carbocycles. The standard InChI is InChI=1S/C19H29N3O.2ClH/c1-14-11-18(21-19(23)16-7-8-17(20)12-16)9-10-22(14)13-15-5-3-2-4-6-15;;/h2-6,14,16-18H,7-13,20H2,1H3,(H,21,23);2*1H. The number of nitrogens with one attached hydrogen (secondary N) is 1. The zero-order chi connectivity index (χ0) is 16.2. The van der Waals surface area contributed by atoms with Gasteiger partial charge in [0, 0.05) is 37.1 Å². The number of hydrogen-bond donors (Lipinski definition) is 2. The molecule has 1 saturated carbocycles. The van der Waals surface area contributed by atoms with Crippen molar-refractivity contribution >= 4 is 30.7 Å². The van der Waals surface area contributed by atoms with Crippen molar-refractivity contribution in [2.75, 3.05) is 6.54 Å². The molecule has 1 aromatic carbocycles. The number of nitrogens with zero attached hydrogens (tertiary/aromatic N) is 1. The lowest BCUT2D eigenvalue weighted by Gasteiger charge is -2.38. The molecule has 4 nitrogen and oxygen atoms in total. The fraction of sp³-hybridized carbons (Fsp3) is 0.632. The molecule has 1 aromatic rings. The van der Waals surface area contributed by atoms with E-state index in [0.717, 1.165) is 45.2 Å². The van der Waals surface area contributed by atoms with Gasteiger partial charge in [-0.05, 0) is 44.6 Å². The molecule has 0 spiro atoms. The summed E-state index contributed by atoms with van der Waals surface area (Å²) in [6.07, 6.45) is 4.88. The minimum absolute atomic E-state index is 0. The van der Waals surface area contributed by atoms with Crippen LogP contribution in [0.15, 0.2) is 30.3 Å². The third-order valence-electron chi connectivity index (χ3n) is 5.43. The Labute approximate surface area is 163 Å². The van der Waals surface area contributed by atoms with Crippen LogP contribution < -0.4 is 11.1 Å². The van der Waals surface area contributed by atoms with E-state index in [2.05, 4.69) is 47.5 Å². The summed E-state index contributed by atoms with van der Waals surface area (Å²) in [5.41, 5.74) is 7.29. The summed E-state index contributed by atoms with van der Waals surface area (Å²) in [5.74, 6) is 0.370. The van der Waals surface area contributed by atoms with Crippen molar-refractivity contribution in [3.05, 3.63) is 35.9 Å². The van der Waals surface area contributed by atoms with E-state index in [9.17, 15) is 4.79 Å². The Kier molecular flexibility index (Phi) is 9.22. The topological polar surface area (TPSA) is 58.4 Å². The third kappa shape index (κ3) is 6.14. The number of benzene rings is 1. The Balaban J connectivity index is 0.00000156. The number of hydrogen-bond acceptors (Lipinski definition) is 3. The van der Waals surface area contributed by atoms with Crippen LogP contribution in [0.2, 0.25) is 0 Å². The molecule has 2 aliphatic rings. The van der Waals surface area contributed by atoms with Crippen LogP contribution in [-0.2, 0) is 11.3 Å². The number of rotatable bonds is 4. The summed E-state index contributed by atoms with van der Waals surface area (Å²) in [6, 6.07) is 11.7. The lowest BCUT2D eigenvalue weighted by atomic mass is 9.96. The van der Waals surface area contributed by atoms with Crippen molar-refractivity contribution in [2.24, 2.45) is 11.7 Å². The lowest BCUT2D eigenvalue weighted by Crippen LogP contribution is -2.49. The first-order valence-electron chi connectivity index (χ1n) is 8.95. The van der Waals surface area contributed by atoms with Crippen LogP contribution in [0.3, 0.4) is 0 Å². The molecule has 1 aliphatic heterocycles. The van der Waals surface area contributed by atoms with Crippen molar-refractivity contribution in [3.8, 4) is 0 Å². The maximum atomic E-state index is 12.4. The molecule has 0 radical (unpaired) electrons. The molecular formula is C19H31Cl2N3O. The second-order valence-electron chi connectivity index (χ2n) is 7.31. The van der Waals surface area contributed by atoms with Crippen LogP contribution in [0.5, 0.6) is 0 Å². The first-order valence-corrected chi connectivity index (χ1v) is 8.95. The summed E-state index contributed by atoms with van der Waals surface area (Å²) in [6.45, 7) is 4.32. The molecule has 2 fully saturated rings. The van der Waals surface area contributed by atoms with E-state index in [1.165, 1.54) is 5.56 Å². The number of likely N-dealkylation sites (tertiary alicyclic amines) is 1. The number of piperidine rings is 1. The molecule has 0 aromatic heterocycles. The van der Waals surface area contributed by atoms with E-state index in [-0.39, 0.29) is 42.7 Å². The van der Waals surface area contributed by atoms with E-state index < -0.39 is 0 Å². The molecule has 1 heterocycles. The van der Waals surface area contributed by atoms with Crippen molar-refractivity contribution < 1.29 is 4.79 Å².